The van der Waals surface area contributed by atoms with Gasteiger partial charge < -0.3 is 0 Å². The molecule has 1 rings (SSSR count). The lowest BCUT2D eigenvalue weighted by Crippen LogP contribution is -2.13. The number of hydrogen-bond donors (Lipinski definition) is 0. The molecular weight excluding hydrogens is 240 g/mol. The highest BCUT2D eigenvalue weighted by atomic mass is 17.2. The van der Waals surface area contributed by atoms with E-state index in [-0.39, 0.29) is 6.10 Å². The molecule has 0 spiro atoms. The van der Waals surface area contributed by atoms with Gasteiger partial charge in [0.1, 0.15) is 6.10 Å². The van der Waals surface area contributed by atoms with Crippen LogP contribution >= 0.6 is 0 Å². The first-order valence-electron chi connectivity index (χ1n) is 7.07. The van der Waals surface area contributed by atoms with Crippen LogP contribution in [0.1, 0.15) is 61.9 Å². The van der Waals surface area contributed by atoms with Gasteiger partial charge in [-0.05, 0) is 32.4 Å². The van der Waals surface area contributed by atoms with Crippen LogP contribution in [0.3, 0.4) is 0 Å². The Hall–Kier alpha value is -1.35. The third kappa shape index (κ3) is 6.39. The lowest BCUT2D eigenvalue weighted by atomic mass is 10.1. The SMILES string of the molecule is CCCCCCC(C)OOC(=O)c1ccc(C)cc1. The number of unbranched alkanes of at least 4 members (excludes halogenated alkanes) is 3. The molecule has 0 aliphatic rings. The lowest BCUT2D eigenvalue weighted by molar-refractivity contribution is -0.271. The van der Waals surface area contributed by atoms with Crippen LogP contribution in [0, 0.1) is 6.92 Å². The van der Waals surface area contributed by atoms with Crippen LogP contribution in [0.4, 0.5) is 0 Å². The quantitative estimate of drug-likeness (QED) is 0.395. The van der Waals surface area contributed by atoms with Gasteiger partial charge in [0, 0.05) is 0 Å². The Balaban J connectivity index is 2.24. The van der Waals surface area contributed by atoms with E-state index in [0.717, 1.165) is 18.4 Å². The first kappa shape index (κ1) is 15.7. The zero-order valence-electron chi connectivity index (χ0n) is 12.1. The number of carbonyl (C=O) groups is 1. The summed E-state index contributed by atoms with van der Waals surface area (Å²) in [4.78, 5) is 21.7. The zero-order chi connectivity index (χ0) is 14.1. The molecule has 0 aliphatic heterocycles. The van der Waals surface area contributed by atoms with Crippen LogP contribution < -0.4 is 0 Å². The number of aryl methyl sites for hydroxylation is 1. The fourth-order valence-electron chi connectivity index (χ4n) is 1.77. The largest absolute Gasteiger partial charge is 0.373 e. The monoisotopic (exact) mass is 264 g/mol. The van der Waals surface area contributed by atoms with E-state index >= 15 is 0 Å². The third-order valence-electron chi connectivity index (χ3n) is 3.04. The van der Waals surface area contributed by atoms with Crippen molar-refractivity contribution in [2.75, 3.05) is 0 Å². The highest BCUT2D eigenvalue weighted by Crippen LogP contribution is 2.10. The highest BCUT2D eigenvalue weighted by molar-refractivity contribution is 5.88. The number of rotatable bonds is 8. The van der Waals surface area contributed by atoms with Gasteiger partial charge >= 0.3 is 5.97 Å². The van der Waals surface area contributed by atoms with E-state index in [9.17, 15) is 4.79 Å². The topological polar surface area (TPSA) is 35.5 Å². The van der Waals surface area contributed by atoms with Crippen molar-refractivity contribution >= 4 is 5.97 Å². The van der Waals surface area contributed by atoms with Gasteiger partial charge in [-0.25, -0.2) is 4.79 Å². The van der Waals surface area contributed by atoms with Crippen molar-refractivity contribution in [1.82, 2.24) is 0 Å². The van der Waals surface area contributed by atoms with Gasteiger partial charge in [0.05, 0.1) is 5.56 Å². The summed E-state index contributed by atoms with van der Waals surface area (Å²) in [6, 6.07) is 7.25. The summed E-state index contributed by atoms with van der Waals surface area (Å²) < 4.78 is 0. The maximum Gasteiger partial charge on any atom is 0.373 e. The predicted molar refractivity (Wildman–Crippen MR) is 75.9 cm³/mol. The van der Waals surface area contributed by atoms with E-state index in [4.69, 9.17) is 9.78 Å². The van der Waals surface area contributed by atoms with E-state index in [1.54, 1.807) is 12.1 Å². The van der Waals surface area contributed by atoms with Gasteiger partial charge in [0.2, 0.25) is 0 Å². The molecule has 1 unspecified atom stereocenters. The predicted octanol–water partition coefficient (Wildman–Crippen LogP) is 4.44. The molecule has 0 aliphatic carbocycles. The lowest BCUT2D eigenvalue weighted by Gasteiger charge is -2.11. The molecule has 3 nitrogen and oxygen atoms in total. The molecule has 0 fully saturated rings. The van der Waals surface area contributed by atoms with Crippen LogP contribution in [0.2, 0.25) is 0 Å². The second-order valence-corrected chi connectivity index (χ2v) is 4.99. The molecule has 1 aromatic carbocycles. The zero-order valence-corrected chi connectivity index (χ0v) is 12.1. The summed E-state index contributed by atoms with van der Waals surface area (Å²) in [7, 11) is 0. The molecule has 1 aromatic rings. The number of carbonyl (C=O) groups excluding carboxylic acids is 1. The minimum Gasteiger partial charge on any atom is -0.293 e. The summed E-state index contributed by atoms with van der Waals surface area (Å²) in [6.45, 7) is 6.08. The summed E-state index contributed by atoms with van der Waals surface area (Å²) in [5, 5.41) is 0. The van der Waals surface area contributed by atoms with Crippen LogP contribution in [0.25, 0.3) is 0 Å². The maximum atomic E-state index is 11.7. The molecule has 0 aromatic heterocycles. The molecule has 1 atom stereocenters. The first-order chi connectivity index (χ1) is 9.13. The Kier molecular flexibility index (Phi) is 7.19. The molecular formula is C16H24O3. The summed E-state index contributed by atoms with van der Waals surface area (Å²) in [6.07, 6.45) is 5.65. The standard InChI is InChI=1S/C16H24O3/c1-4-5-6-7-8-14(3)18-19-16(17)15-11-9-13(2)10-12-15/h9-12,14H,4-8H2,1-3H3. The second kappa shape index (κ2) is 8.70. The van der Waals surface area contributed by atoms with E-state index in [1.165, 1.54) is 19.3 Å². The normalized spacial score (nSPS) is 12.2. The van der Waals surface area contributed by atoms with E-state index < -0.39 is 5.97 Å². The smallest absolute Gasteiger partial charge is 0.293 e. The van der Waals surface area contributed by atoms with Gasteiger partial charge in [-0.15, -0.1) is 0 Å². The Bertz CT molecular complexity index is 370. The van der Waals surface area contributed by atoms with Crippen molar-refractivity contribution in [1.29, 1.82) is 0 Å². The van der Waals surface area contributed by atoms with Gasteiger partial charge in [0.25, 0.3) is 0 Å². The minimum atomic E-state index is -0.430. The van der Waals surface area contributed by atoms with Crippen molar-refractivity contribution < 1.29 is 14.6 Å². The molecule has 0 amide bonds. The highest BCUT2D eigenvalue weighted by Gasteiger charge is 2.10. The summed E-state index contributed by atoms with van der Waals surface area (Å²) in [5.41, 5.74) is 1.63. The maximum absolute atomic E-state index is 11.7. The van der Waals surface area contributed by atoms with Crippen LogP contribution in [0.15, 0.2) is 24.3 Å². The third-order valence-corrected chi connectivity index (χ3v) is 3.04. The average molecular weight is 264 g/mol. The van der Waals surface area contributed by atoms with Crippen molar-refractivity contribution in [3.05, 3.63) is 35.4 Å². The molecule has 0 radical (unpaired) electrons. The molecule has 3 heteroatoms. The first-order valence-corrected chi connectivity index (χ1v) is 7.07. The van der Waals surface area contributed by atoms with Crippen molar-refractivity contribution in [3.63, 3.8) is 0 Å². The van der Waals surface area contributed by atoms with Crippen LogP contribution in [-0.4, -0.2) is 12.1 Å². The molecule has 0 saturated carbocycles. The van der Waals surface area contributed by atoms with Gasteiger partial charge in [-0.2, -0.15) is 4.89 Å². The van der Waals surface area contributed by atoms with Crippen molar-refractivity contribution in [2.24, 2.45) is 0 Å². The molecule has 0 heterocycles. The van der Waals surface area contributed by atoms with E-state index in [2.05, 4.69) is 6.92 Å². The fraction of sp³-hybridized carbons (Fsp3) is 0.562. The Morgan fingerprint density at radius 1 is 1.16 bits per heavy atom. The van der Waals surface area contributed by atoms with Gasteiger partial charge in [0.15, 0.2) is 0 Å². The Morgan fingerprint density at radius 2 is 1.84 bits per heavy atom. The molecule has 19 heavy (non-hydrogen) atoms. The van der Waals surface area contributed by atoms with Crippen molar-refractivity contribution in [3.8, 4) is 0 Å². The fourth-order valence-corrected chi connectivity index (χ4v) is 1.77. The molecule has 0 saturated heterocycles. The average Bonchev–Trinajstić information content (AvgIpc) is 2.42. The van der Waals surface area contributed by atoms with Gasteiger partial charge in [-0.1, -0.05) is 50.3 Å². The molecule has 0 bridgehead atoms. The van der Waals surface area contributed by atoms with Crippen molar-refractivity contribution in [2.45, 2.75) is 59.0 Å². The molecule has 0 N–H and O–H groups in total. The number of benzene rings is 1. The summed E-state index contributed by atoms with van der Waals surface area (Å²) in [5.74, 6) is -0.430. The second-order valence-electron chi connectivity index (χ2n) is 4.99. The Morgan fingerprint density at radius 3 is 2.47 bits per heavy atom. The van der Waals surface area contributed by atoms with E-state index in [1.807, 2.05) is 26.0 Å². The summed E-state index contributed by atoms with van der Waals surface area (Å²) >= 11 is 0. The number of hydrogen-bond acceptors (Lipinski definition) is 3. The minimum absolute atomic E-state index is 0.0498. The molecule has 106 valence electrons. The van der Waals surface area contributed by atoms with Gasteiger partial charge in [-0.3, -0.25) is 4.89 Å². The Labute approximate surface area is 115 Å². The van der Waals surface area contributed by atoms with E-state index in [0.29, 0.717) is 5.56 Å². The van der Waals surface area contributed by atoms with Crippen LogP contribution in [0.5, 0.6) is 0 Å². The van der Waals surface area contributed by atoms with Crippen LogP contribution in [-0.2, 0) is 9.78 Å².